The first-order valence-electron chi connectivity index (χ1n) is 35.4. The molecule has 8 nitrogen and oxygen atoms in total. The van der Waals surface area contributed by atoms with Crippen molar-refractivity contribution in [2.45, 2.75) is 7.43 Å². The first-order chi connectivity index (χ1) is 52.0. The van der Waals surface area contributed by atoms with Crippen molar-refractivity contribution >= 4 is 142 Å². The molecule has 22 rings (SSSR count). The lowest BCUT2D eigenvalue weighted by atomic mass is 9.94. The Morgan fingerprint density at radius 3 is 1.19 bits per heavy atom. The molecule has 9 heteroatoms. The molecular formula is C97H65ClN8. The molecule has 22 aromatic rings. The number of halogens is 1. The Kier molecular flexibility index (Phi) is 15.6. The minimum absolute atomic E-state index is 0. The lowest BCUT2D eigenvalue weighted by molar-refractivity contribution is 1.01. The van der Waals surface area contributed by atoms with Gasteiger partial charge in [0.15, 0.2) is 0 Å². The maximum Gasteiger partial charge on any atom is 0.235 e. The van der Waals surface area contributed by atoms with Crippen LogP contribution in [0.4, 0.5) is 0 Å². The minimum atomic E-state index is 0. The first-order valence-corrected chi connectivity index (χ1v) is 35.8. The molecule has 16 aromatic carbocycles. The fourth-order valence-corrected chi connectivity index (χ4v) is 16.2. The molecule has 0 saturated carbocycles. The fourth-order valence-electron chi connectivity index (χ4n) is 16.1. The predicted octanol–water partition coefficient (Wildman–Crippen LogP) is 26.1. The van der Waals surface area contributed by atoms with Crippen molar-refractivity contribution in [2.75, 3.05) is 0 Å². The van der Waals surface area contributed by atoms with Gasteiger partial charge in [0.1, 0.15) is 0 Å². The summed E-state index contributed by atoms with van der Waals surface area (Å²) >= 11 is 5.95. The molecule has 0 atom stereocenters. The Labute approximate surface area is 615 Å². The van der Waals surface area contributed by atoms with E-state index < -0.39 is 0 Å². The van der Waals surface area contributed by atoms with E-state index in [4.69, 9.17) is 21.6 Å². The molecule has 0 unspecified atom stereocenters. The van der Waals surface area contributed by atoms with E-state index >= 15 is 0 Å². The molecule has 0 aliphatic heterocycles. The van der Waals surface area contributed by atoms with Crippen molar-refractivity contribution in [2.24, 2.45) is 0 Å². The molecule has 6 heterocycles. The molecule has 106 heavy (non-hydrogen) atoms. The number of benzene rings is 16. The van der Waals surface area contributed by atoms with E-state index in [0.717, 1.165) is 66.6 Å². The molecule has 0 bridgehead atoms. The number of aromatic nitrogens is 8. The van der Waals surface area contributed by atoms with Crippen molar-refractivity contribution in [3.8, 4) is 62.1 Å². The molecule has 500 valence electrons. The average Bonchev–Trinajstić information content (AvgIpc) is 1.55. The molecule has 0 aliphatic carbocycles. The van der Waals surface area contributed by atoms with Crippen molar-refractivity contribution in [1.29, 1.82) is 0 Å². The van der Waals surface area contributed by atoms with E-state index in [-0.39, 0.29) is 12.7 Å². The van der Waals surface area contributed by atoms with Crippen LogP contribution in [0.3, 0.4) is 0 Å². The van der Waals surface area contributed by atoms with E-state index in [2.05, 4.69) is 332 Å². The smallest absolute Gasteiger partial charge is 0.235 e. The van der Waals surface area contributed by atoms with Crippen molar-refractivity contribution in [3.05, 3.63) is 369 Å². The van der Waals surface area contributed by atoms with Crippen molar-refractivity contribution < 1.29 is 0 Å². The van der Waals surface area contributed by atoms with Crippen LogP contribution in [0.15, 0.2) is 364 Å². The second kappa shape index (κ2) is 26.2. The fraction of sp³-hybridized carbons (Fsp3) is 0.0103. The summed E-state index contributed by atoms with van der Waals surface area (Å²) in [6.45, 7) is 0. The molecule has 0 amide bonds. The third kappa shape index (κ3) is 10.6. The average molecular weight is 1380 g/mol. The highest BCUT2D eigenvalue weighted by molar-refractivity contribution is 6.29. The lowest BCUT2D eigenvalue weighted by Gasteiger charge is -2.15. The van der Waals surface area contributed by atoms with Crippen LogP contribution in [0.5, 0.6) is 0 Å². The molecule has 6 aromatic heterocycles. The van der Waals surface area contributed by atoms with Crippen molar-refractivity contribution in [1.82, 2.24) is 38.6 Å². The normalized spacial score (nSPS) is 11.6. The number of hydrogen-bond donors (Lipinski definition) is 1. The molecule has 0 fully saturated rings. The maximum absolute atomic E-state index is 5.95. The zero-order valence-corrected chi connectivity index (χ0v) is 57.4. The van der Waals surface area contributed by atoms with Crippen LogP contribution >= 0.6 is 11.6 Å². The Morgan fingerprint density at radius 1 is 0.255 bits per heavy atom. The summed E-state index contributed by atoms with van der Waals surface area (Å²) in [6.07, 6.45) is 0. The van der Waals surface area contributed by atoms with Gasteiger partial charge in [0.2, 0.25) is 11.2 Å². The number of hydrogen-bond acceptors (Lipinski definition) is 4. The number of aromatic amines is 1. The monoisotopic (exact) mass is 1380 g/mol. The van der Waals surface area contributed by atoms with E-state index in [1.54, 1.807) is 0 Å². The minimum Gasteiger partial charge on any atom is -0.354 e. The third-order valence-electron chi connectivity index (χ3n) is 20.6. The van der Waals surface area contributed by atoms with Gasteiger partial charge in [-0.3, -0.25) is 4.57 Å². The van der Waals surface area contributed by atoms with Crippen LogP contribution < -0.4 is 0 Å². The van der Waals surface area contributed by atoms with Crippen LogP contribution in [-0.4, -0.2) is 38.6 Å². The third-order valence-corrected chi connectivity index (χ3v) is 20.8. The summed E-state index contributed by atoms with van der Waals surface area (Å²) in [5, 5.41) is 17.1. The predicted molar refractivity (Wildman–Crippen MR) is 446 cm³/mol. The zero-order valence-electron chi connectivity index (χ0n) is 56.6. The van der Waals surface area contributed by atoms with Gasteiger partial charge < -0.3 is 14.1 Å². The van der Waals surface area contributed by atoms with Gasteiger partial charge in [0.25, 0.3) is 0 Å². The zero-order chi connectivity index (χ0) is 69.5. The van der Waals surface area contributed by atoms with Crippen molar-refractivity contribution in [3.63, 3.8) is 0 Å². The van der Waals surface area contributed by atoms with E-state index in [1.807, 2.05) is 60.7 Å². The van der Waals surface area contributed by atoms with E-state index in [9.17, 15) is 0 Å². The van der Waals surface area contributed by atoms with Gasteiger partial charge >= 0.3 is 0 Å². The number of fused-ring (bicyclic) bond motifs is 16. The second-order valence-corrected chi connectivity index (χ2v) is 26.9. The van der Waals surface area contributed by atoms with Gasteiger partial charge in [0, 0.05) is 93.0 Å². The van der Waals surface area contributed by atoms with Crippen LogP contribution in [-0.2, 0) is 0 Å². The SMILES string of the molecule is C.Clc1nc(-c2ccccc2)c2ccccc2n1.c1ccc(-c2nc(-n3c4ccccc4c4cc5ccccc5c(-c5ccc6c(c5)c5ccccc5n6-c5ccccc5)c43)nc3ccccc23)cc1.c1ccc(-n2c3ccccc3c3cc(-c4c5ccccc5cc5c4[nH]c4ccccc45)ccc32)cc1. The first kappa shape index (κ1) is 63.2. The number of rotatable bonds is 7. The van der Waals surface area contributed by atoms with E-state index in [1.165, 1.54) is 120 Å². The standard InChI is InChI=1S/C48H30N4.C34H22N2.C14H9ClN2.CH4/c1-3-15-31(16-4-1)46-38-23-9-12-24-41(38)49-48(50-46)52-43-26-14-11-22-37(43)40-29-32-17-7-8-20-35(32)45(47(40)52)33-27-28-44-39(30-33)36-21-10-13-25-42(36)51(44)34-18-5-2-6-19-34;1-2-11-24(12-3-1)36-31-17-9-7-15-27(31)28-21-23(18-19-32(28)36)33-25-13-5-4-10-22(25)20-29-26-14-6-8-16-30(26)35-34(29)33;15-14-16-12-9-5-4-8-11(12)13(17-14)10-6-2-1-3-7-10;/h1-30H;1-21,35H;1-9H;1H4. The number of para-hydroxylation sites is 8. The van der Waals surface area contributed by atoms with Gasteiger partial charge in [-0.15, -0.1) is 0 Å². The number of nitrogens with one attached hydrogen (secondary N) is 1. The molecule has 0 aliphatic rings. The lowest BCUT2D eigenvalue weighted by Crippen LogP contribution is -2.04. The molecule has 0 saturated heterocycles. The largest absolute Gasteiger partial charge is 0.354 e. The van der Waals surface area contributed by atoms with Gasteiger partial charge in [0.05, 0.1) is 61.0 Å². The molecule has 1 N–H and O–H groups in total. The maximum atomic E-state index is 5.95. The molecular weight excluding hydrogens is 1310 g/mol. The highest BCUT2D eigenvalue weighted by Gasteiger charge is 2.25. The Bertz CT molecular complexity index is 7160. The quantitative estimate of drug-likeness (QED) is 0.161. The Balaban J connectivity index is 0.000000123. The van der Waals surface area contributed by atoms with Crippen LogP contribution in [0.1, 0.15) is 7.43 Å². The summed E-state index contributed by atoms with van der Waals surface area (Å²) in [4.78, 5) is 23.0. The van der Waals surface area contributed by atoms with Crippen LogP contribution in [0.25, 0.3) is 193 Å². The van der Waals surface area contributed by atoms with Gasteiger partial charge in [-0.2, -0.15) is 0 Å². The Morgan fingerprint density at radius 2 is 0.642 bits per heavy atom. The summed E-state index contributed by atoms with van der Waals surface area (Å²) in [7, 11) is 0. The van der Waals surface area contributed by atoms with Gasteiger partial charge in [-0.05, 0) is 141 Å². The molecule has 0 spiro atoms. The topological polar surface area (TPSA) is 82.1 Å². The van der Waals surface area contributed by atoms with Gasteiger partial charge in [-0.25, -0.2) is 19.9 Å². The highest BCUT2D eigenvalue weighted by atomic mass is 35.5. The summed E-state index contributed by atoms with van der Waals surface area (Å²) in [5.74, 6) is 0.655. The number of H-pyrrole nitrogens is 1. The van der Waals surface area contributed by atoms with Crippen LogP contribution in [0, 0.1) is 0 Å². The van der Waals surface area contributed by atoms with Crippen LogP contribution in [0.2, 0.25) is 5.28 Å². The highest BCUT2D eigenvalue weighted by Crippen LogP contribution is 2.46. The second-order valence-electron chi connectivity index (χ2n) is 26.6. The summed E-state index contributed by atoms with van der Waals surface area (Å²) < 4.78 is 7.04. The van der Waals surface area contributed by atoms with E-state index in [0.29, 0.717) is 5.95 Å². The summed E-state index contributed by atoms with van der Waals surface area (Å²) in [5.41, 5.74) is 22.2. The summed E-state index contributed by atoms with van der Waals surface area (Å²) in [6, 6.07) is 129. The number of nitrogens with zero attached hydrogens (tertiary/aromatic N) is 7. The molecule has 0 radical (unpaired) electrons. The van der Waals surface area contributed by atoms with Gasteiger partial charge in [-0.1, -0.05) is 274 Å². The Hall–Kier alpha value is -13.8.